The van der Waals surface area contributed by atoms with Gasteiger partial charge in [0, 0.05) is 19.7 Å². The van der Waals surface area contributed by atoms with Gasteiger partial charge in [0.2, 0.25) is 0 Å². The van der Waals surface area contributed by atoms with Gasteiger partial charge >= 0.3 is 0 Å². The van der Waals surface area contributed by atoms with Crippen molar-refractivity contribution in [3.05, 3.63) is 12.7 Å². The number of aliphatic hydroxyl groups is 2. The van der Waals surface area contributed by atoms with Crippen molar-refractivity contribution in [2.45, 2.75) is 49.8 Å². The molecule has 0 amide bonds. The van der Waals surface area contributed by atoms with E-state index in [1.54, 1.807) is 4.57 Å². The van der Waals surface area contributed by atoms with Crippen molar-refractivity contribution in [1.82, 2.24) is 24.4 Å². The van der Waals surface area contributed by atoms with Gasteiger partial charge in [-0.15, -0.1) is 0 Å². The summed E-state index contributed by atoms with van der Waals surface area (Å²) in [4.78, 5) is 15.0. The SMILES string of the molecule is O[C@@H]1[C@@H](COC(=S)N2CCCC2)OC(n2cnc3c(N[C@@H]4CCOC4)ncnc32)[C@@H]1O. The lowest BCUT2D eigenvalue weighted by atomic mass is 10.1. The van der Waals surface area contributed by atoms with E-state index in [1.165, 1.54) is 12.7 Å². The van der Waals surface area contributed by atoms with Gasteiger partial charge in [0.1, 0.15) is 31.2 Å². The summed E-state index contributed by atoms with van der Waals surface area (Å²) in [6.45, 7) is 3.14. The minimum absolute atomic E-state index is 0.0557. The smallest absolute Gasteiger partial charge is 0.259 e. The fraction of sp³-hybridized carbons (Fsp3) is 0.684. The minimum Gasteiger partial charge on any atom is -0.468 e. The molecule has 0 aliphatic carbocycles. The number of likely N-dealkylation sites (tertiary alicyclic amines) is 1. The average Bonchev–Trinajstić information content (AvgIpc) is 3.56. The largest absolute Gasteiger partial charge is 0.468 e. The molecule has 3 aliphatic rings. The van der Waals surface area contributed by atoms with Crippen LogP contribution in [0.2, 0.25) is 0 Å². The summed E-state index contributed by atoms with van der Waals surface area (Å²) in [5.74, 6) is 0.600. The molecule has 3 fully saturated rings. The molecule has 0 saturated carbocycles. The van der Waals surface area contributed by atoms with E-state index in [0.717, 1.165) is 32.4 Å². The van der Waals surface area contributed by atoms with E-state index in [1.807, 2.05) is 4.90 Å². The van der Waals surface area contributed by atoms with Crippen molar-refractivity contribution in [3.8, 4) is 0 Å². The van der Waals surface area contributed by atoms with Gasteiger partial charge < -0.3 is 34.6 Å². The van der Waals surface area contributed by atoms with Crippen molar-refractivity contribution in [2.75, 3.05) is 38.2 Å². The third-order valence-electron chi connectivity index (χ3n) is 5.98. The Balaban J connectivity index is 1.29. The van der Waals surface area contributed by atoms with Crippen LogP contribution < -0.4 is 5.32 Å². The van der Waals surface area contributed by atoms with Crippen LogP contribution in [0.1, 0.15) is 25.5 Å². The molecule has 0 radical (unpaired) electrons. The Kier molecular flexibility index (Phi) is 5.89. The molecule has 0 spiro atoms. The number of aromatic nitrogens is 4. The second kappa shape index (κ2) is 8.79. The highest BCUT2D eigenvalue weighted by molar-refractivity contribution is 7.80. The number of nitrogens with zero attached hydrogens (tertiary/aromatic N) is 5. The van der Waals surface area contributed by atoms with Crippen LogP contribution in [0.15, 0.2) is 12.7 Å². The second-order valence-electron chi connectivity index (χ2n) is 8.07. The summed E-state index contributed by atoms with van der Waals surface area (Å²) in [6.07, 6.45) is 2.17. The van der Waals surface area contributed by atoms with Crippen LogP contribution in [0.5, 0.6) is 0 Å². The van der Waals surface area contributed by atoms with E-state index >= 15 is 0 Å². The van der Waals surface area contributed by atoms with Gasteiger partial charge in [-0.05, 0) is 31.5 Å². The zero-order valence-corrected chi connectivity index (χ0v) is 17.8. The number of hydrogen-bond donors (Lipinski definition) is 3. The summed E-state index contributed by atoms with van der Waals surface area (Å²) < 4.78 is 18.6. The molecule has 168 valence electrons. The first-order chi connectivity index (χ1) is 15.1. The molecular weight excluding hydrogens is 424 g/mol. The summed E-state index contributed by atoms with van der Waals surface area (Å²) >= 11 is 5.32. The number of ether oxygens (including phenoxy) is 3. The molecule has 31 heavy (non-hydrogen) atoms. The van der Waals surface area contributed by atoms with Gasteiger partial charge in [-0.3, -0.25) is 4.57 Å². The molecule has 2 aromatic heterocycles. The molecule has 0 bridgehead atoms. The summed E-state index contributed by atoms with van der Waals surface area (Å²) in [6, 6.07) is 0.166. The molecule has 2 aromatic rings. The number of rotatable bonds is 5. The Morgan fingerprint density at radius 2 is 2.06 bits per heavy atom. The van der Waals surface area contributed by atoms with Crippen molar-refractivity contribution in [1.29, 1.82) is 0 Å². The standard InChI is InChI=1S/C19H26N6O5S/c26-14-12(8-29-19(31)24-4-1-2-5-24)30-18(15(14)27)25-10-22-13-16(20-9-21-17(13)25)23-11-3-6-28-7-11/h9-12,14-15,18,26-27H,1-8H2,(H,20,21,23)/t11-,12-,14-,15-,18?/m1/s1. The number of nitrogens with one attached hydrogen (secondary N) is 1. The topological polar surface area (TPSA) is 127 Å². The van der Waals surface area contributed by atoms with E-state index in [0.29, 0.717) is 35.4 Å². The maximum absolute atomic E-state index is 10.6. The van der Waals surface area contributed by atoms with Gasteiger partial charge in [0.25, 0.3) is 5.17 Å². The molecule has 1 unspecified atom stereocenters. The number of hydrogen-bond acceptors (Lipinski definition) is 10. The monoisotopic (exact) mass is 450 g/mol. The minimum atomic E-state index is -1.17. The maximum Gasteiger partial charge on any atom is 0.259 e. The molecule has 5 heterocycles. The highest BCUT2D eigenvalue weighted by Crippen LogP contribution is 2.32. The molecule has 3 N–H and O–H groups in total. The Bertz CT molecular complexity index is 932. The van der Waals surface area contributed by atoms with E-state index < -0.39 is 24.5 Å². The quantitative estimate of drug-likeness (QED) is 0.535. The Morgan fingerprint density at radius 3 is 2.84 bits per heavy atom. The predicted octanol–water partition coefficient (Wildman–Crippen LogP) is 0.0436. The summed E-state index contributed by atoms with van der Waals surface area (Å²) in [5, 5.41) is 24.9. The summed E-state index contributed by atoms with van der Waals surface area (Å²) in [7, 11) is 0. The van der Waals surface area contributed by atoms with Crippen LogP contribution in [-0.2, 0) is 14.2 Å². The van der Waals surface area contributed by atoms with Gasteiger partial charge in [-0.2, -0.15) is 0 Å². The van der Waals surface area contributed by atoms with Gasteiger partial charge in [-0.1, -0.05) is 0 Å². The highest BCUT2D eigenvalue weighted by atomic mass is 32.1. The van der Waals surface area contributed by atoms with Crippen molar-refractivity contribution < 1.29 is 24.4 Å². The Morgan fingerprint density at radius 1 is 1.23 bits per heavy atom. The first-order valence-corrected chi connectivity index (χ1v) is 11.0. The lowest BCUT2D eigenvalue weighted by molar-refractivity contribution is -0.0501. The Hall–Kier alpha value is -2.12. The number of fused-ring (bicyclic) bond motifs is 1. The number of aliphatic hydroxyl groups excluding tert-OH is 2. The Labute approximate surface area is 184 Å². The zero-order valence-electron chi connectivity index (χ0n) is 17.0. The van der Waals surface area contributed by atoms with Crippen LogP contribution in [0.4, 0.5) is 5.82 Å². The van der Waals surface area contributed by atoms with E-state index in [4.69, 9.17) is 26.4 Å². The lowest BCUT2D eigenvalue weighted by Gasteiger charge is -2.21. The lowest BCUT2D eigenvalue weighted by Crippen LogP contribution is -2.36. The fourth-order valence-corrected chi connectivity index (χ4v) is 4.48. The van der Waals surface area contributed by atoms with Crippen molar-refractivity contribution in [2.24, 2.45) is 0 Å². The second-order valence-corrected chi connectivity index (χ2v) is 8.42. The first-order valence-electron chi connectivity index (χ1n) is 10.6. The van der Waals surface area contributed by atoms with Crippen LogP contribution in [0.25, 0.3) is 11.2 Å². The third-order valence-corrected chi connectivity index (χ3v) is 6.35. The maximum atomic E-state index is 10.6. The predicted molar refractivity (Wildman–Crippen MR) is 113 cm³/mol. The molecule has 11 nitrogen and oxygen atoms in total. The molecule has 5 atom stereocenters. The van der Waals surface area contributed by atoms with E-state index in [9.17, 15) is 10.2 Å². The van der Waals surface area contributed by atoms with Crippen LogP contribution >= 0.6 is 12.2 Å². The van der Waals surface area contributed by atoms with Crippen LogP contribution in [0.3, 0.4) is 0 Å². The average molecular weight is 451 g/mol. The number of anilines is 1. The number of imidazole rings is 1. The third kappa shape index (κ3) is 4.05. The molecule has 0 aromatic carbocycles. The molecule has 5 rings (SSSR count). The first kappa shape index (κ1) is 20.8. The molecule has 3 aliphatic heterocycles. The number of thiocarbonyl (C=S) groups is 1. The van der Waals surface area contributed by atoms with Crippen LogP contribution in [0, 0.1) is 0 Å². The zero-order chi connectivity index (χ0) is 21.4. The summed E-state index contributed by atoms with van der Waals surface area (Å²) in [5.41, 5.74) is 1.07. The molecule has 3 saturated heterocycles. The van der Waals surface area contributed by atoms with Gasteiger partial charge in [-0.25, -0.2) is 15.0 Å². The highest BCUT2D eigenvalue weighted by Gasteiger charge is 2.45. The van der Waals surface area contributed by atoms with Crippen molar-refractivity contribution in [3.63, 3.8) is 0 Å². The normalized spacial score (nSPS) is 30.9. The van der Waals surface area contributed by atoms with Crippen molar-refractivity contribution >= 4 is 34.4 Å². The van der Waals surface area contributed by atoms with Gasteiger partial charge in [0.05, 0.1) is 19.0 Å². The van der Waals surface area contributed by atoms with E-state index in [-0.39, 0.29) is 12.6 Å². The van der Waals surface area contributed by atoms with Gasteiger partial charge in [0.15, 0.2) is 23.2 Å². The molecular formula is C19H26N6O5S. The fourth-order valence-electron chi connectivity index (χ4n) is 4.23. The molecule has 12 heteroatoms. The van der Waals surface area contributed by atoms with E-state index in [2.05, 4.69) is 20.3 Å². The van der Waals surface area contributed by atoms with Crippen LogP contribution in [-0.4, -0.2) is 97.1 Å².